The number of benzene rings is 1. The standard InChI is InChI=1S/C21H28N2O/c22-23-20-12-10-17(11-13-20)6-4-5-9-21-16-19(14-15-24-21)18-7-2-1-3-8-18/h1-3,7-8,10-12,19,21H,4-6,9,13-16,22H2/t19-,21+/m1/s1. The van der Waals surface area contributed by atoms with Crippen molar-refractivity contribution in [3.63, 3.8) is 0 Å². The molecular weight excluding hydrogens is 296 g/mol. The van der Waals surface area contributed by atoms with Crippen LogP contribution in [0.25, 0.3) is 0 Å². The second kappa shape index (κ2) is 8.84. The van der Waals surface area contributed by atoms with E-state index >= 15 is 0 Å². The monoisotopic (exact) mass is 324 g/mol. The van der Waals surface area contributed by atoms with Gasteiger partial charge in [0.2, 0.25) is 0 Å². The zero-order valence-electron chi connectivity index (χ0n) is 14.4. The second-order valence-corrected chi connectivity index (χ2v) is 6.81. The Morgan fingerprint density at radius 1 is 1.12 bits per heavy atom. The quantitative estimate of drug-likeness (QED) is 0.468. The summed E-state index contributed by atoms with van der Waals surface area (Å²) in [5.74, 6) is 5.97. The highest BCUT2D eigenvalue weighted by atomic mass is 16.5. The second-order valence-electron chi connectivity index (χ2n) is 6.81. The first-order valence-electron chi connectivity index (χ1n) is 9.15. The Bertz CT molecular complexity index is 604. The van der Waals surface area contributed by atoms with E-state index in [9.17, 15) is 0 Å². The molecule has 0 bridgehead atoms. The number of unbranched alkanes of at least 4 members (excludes halogenated alkanes) is 1. The molecule has 0 spiro atoms. The van der Waals surface area contributed by atoms with Gasteiger partial charge in [0, 0.05) is 13.0 Å². The number of nitrogens with two attached hydrogens (primary N) is 1. The highest BCUT2D eigenvalue weighted by Gasteiger charge is 2.23. The maximum atomic E-state index is 5.99. The minimum absolute atomic E-state index is 0.427. The van der Waals surface area contributed by atoms with E-state index < -0.39 is 0 Å². The molecule has 0 saturated carbocycles. The Hall–Kier alpha value is -1.87. The number of allylic oxidation sites excluding steroid dienone is 4. The molecule has 1 aromatic rings. The summed E-state index contributed by atoms with van der Waals surface area (Å²) in [7, 11) is 0. The van der Waals surface area contributed by atoms with Crippen LogP contribution in [0.1, 0.15) is 56.4 Å². The van der Waals surface area contributed by atoms with Gasteiger partial charge in [-0.25, -0.2) is 0 Å². The summed E-state index contributed by atoms with van der Waals surface area (Å²) in [5, 5.41) is 3.74. The molecule has 1 heterocycles. The normalized spacial score (nSPS) is 25.7. The lowest BCUT2D eigenvalue weighted by Crippen LogP contribution is -2.24. The molecule has 2 atom stereocenters. The van der Waals surface area contributed by atoms with Crippen molar-refractivity contribution < 1.29 is 4.74 Å². The van der Waals surface area contributed by atoms with Crippen LogP contribution < -0.4 is 5.84 Å². The molecule has 1 fully saturated rings. The molecule has 2 N–H and O–H groups in total. The molecule has 0 radical (unpaired) electrons. The summed E-state index contributed by atoms with van der Waals surface area (Å²) in [4.78, 5) is 0. The van der Waals surface area contributed by atoms with Gasteiger partial charge in [0.05, 0.1) is 11.8 Å². The van der Waals surface area contributed by atoms with Crippen LogP contribution in [0.3, 0.4) is 0 Å². The van der Waals surface area contributed by atoms with Crippen LogP contribution in [-0.2, 0) is 4.74 Å². The van der Waals surface area contributed by atoms with E-state index in [0.29, 0.717) is 12.0 Å². The van der Waals surface area contributed by atoms with Gasteiger partial charge in [-0.2, -0.15) is 5.10 Å². The van der Waals surface area contributed by atoms with Gasteiger partial charge < -0.3 is 10.6 Å². The molecule has 3 heteroatoms. The summed E-state index contributed by atoms with van der Waals surface area (Å²) in [6.07, 6.45) is 14.8. The summed E-state index contributed by atoms with van der Waals surface area (Å²) < 4.78 is 5.99. The van der Waals surface area contributed by atoms with Crippen LogP contribution in [0.5, 0.6) is 0 Å². The van der Waals surface area contributed by atoms with Crippen molar-refractivity contribution in [3.05, 3.63) is 59.7 Å². The lowest BCUT2D eigenvalue weighted by atomic mass is 9.87. The molecule has 0 aromatic heterocycles. The SMILES string of the molecule is NN=C1C=CC(CCCC[C@H]2C[C@H](c3ccccc3)CCO2)=CC1. The molecule has 0 unspecified atom stereocenters. The number of ether oxygens (including phenoxy) is 1. The van der Waals surface area contributed by atoms with Crippen LogP contribution in [0.2, 0.25) is 0 Å². The van der Waals surface area contributed by atoms with Crippen LogP contribution >= 0.6 is 0 Å². The Balaban J connectivity index is 1.38. The van der Waals surface area contributed by atoms with Gasteiger partial charge in [-0.05, 0) is 49.7 Å². The fraction of sp³-hybridized carbons (Fsp3) is 0.476. The highest BCUT2D eigenvalue weighted by Crippen LogP contribution is 2.32. The van der Waals surface area contributed by atoms with E-state index in [0.717, 1.165) is 31.6 Å². The fourth-order valence-electron chi connectivity index (χ4n) is 3.67. The van der Waals surface area contributed by atoms with Crippen molar-refractivity contribution in [1.29, 1.82) is 0 Å². The molecule has 0 amide bonds. The van der Waals surface area contributed by atoms with Crippen molar-refractivity contribution in [2.45, 2.75) is 57.0 Å². The third kappa shape index (κ3) is 4.81. The smallest absolute Gasteiger partial charge is 0.0638 e. The molecule has 1 saturated heterocycles. The van der Waals surface area contributed by atoms with Gasteiger partial charge in [0.15, 0.2) is 0 Å². The molecule has 1 aromatic carbocycles. The summed E-state index contributed by atoms with van der Waals surface area (Å²) in [6.45, 7) is 0.902. The van der Waals surface area contributed by atoms with E-state index in [-0.39, 0.29) is 0 Å². The Labute approximate surface area is 145 Å². The third-order valence-corrected chi connectivity index (χ3v) is 5.11. The first-order valence-corrected chi connectivity index (χ1v) is 9.15. The van der Waals surface area contributed by atoms with Gasteiger partial charge in [-0.3, -0.25) is 0 Å². The Kier molecular flexibility index (Phi) is 6.25. The Morgan fingerprint density at radius 2 is 2.00 bits per heavy atom. The van der Waals surface area contributed by atoms with Gasteiger partial charge in [-0.1, -0.05) is 54.5 Å². The number of hydrogen-bond acceptors (Lipinski definition) is 3. The molecule has 1 aliphatic heterocycles. The number of hydrazone groups is 1. The van der Waals surface area contributed by atoms with Gasteiger partial charge in [0.25, 0.3) is 0 Å². The third-order valence-electron chi connectivity index (χ3n) is 5.11. The number of hydrogen-bond donors (Lipinski definition) is 1. The van der Waals surface area contributed by atoms with Gasteiger partial charge >= 0.3 is 0 Å². The van der Waals surface area contributed by atoms with Crippen molar-refractivity contribution in [1.82, 2.24) is 0 Å². The molecule has 2 aliphatic rings. The average molecular weight is 324 g/mol. The first kappa shape index (κ1) is 17.0. The van der Waals surface area contributed by atoms with Crippen LogP contribution in [0.15, 0.2) is 59.2 Å². The predicted octanol–water partition coefficient (Wildman–Crippen LogP) is 4.71. The zero-order chi connectivity index (χ0) is 16.6. The predicted molar refractivity (Wildman–Crippen MR) is 100 cm³/mol. The van der Waals surface area contributed by atoms with E-state index in [4.69, 9.17) is 10.6 Å². The van der Waals surface area contributed by atoms with Crippen molar-refractivity contribution >= 4 is 5.71 Å². The molecule has 1 aliphatic carbocycles. The molecule has 3 nitrogen and oxygen atoms in total. The maximum Gasteiger partial charge on any atom is 0.0638 e. The summed E-state index contributed by atoms with van der Waals surface area (Å²) in [6, 6.07) is 10.9. The zero-order valence-corrected chi connectivity index (χ0v) is 14.4. The largest absolute Gasteiger partial charge is 0.378 e. The van der Waals surface area contributed by atoms with E-state index in [1.807, 2.05) is 6.08 Å². The van der Waals surface area contributed by atoms with E-state index in [2.05, 4.69) is 47.6 Å². The van der Waals surface area contributed by atoms with Crippen LogP contribution in [0.4, 0.5) is 0 Å². The first-order chi connectivity index (χ1) is 11.8. The van der Waals surface area contributed by atoms with E-state index in [1.165, 1.54) is 36.8 Å². The minimum atomic E-state index is 0.427. The lowest BCUT2D eigenvalue weighted by Gasteiger charge is -2.30. The van der Waals surface area contributed by atoms with Gasteiger partial charge in [-0.15, -0.1) is 0 Å². The number of nitrogens with zero attached hydrogens (tertiary/aromatic N) is 1. The molecule has 24 heavy (non-hydrogen) atoms. The molecule has 128 valence electrons. The maximum absolute atomic E-state index is 5.99. The lowest BCUT2D eigenvalue weighted by molar-refractivity contribution is 0.000669. The van der Waals surface area contributed by atoms with Crippen molar-refractivity contribution in [2.75, 3.05) is 6.61 Å². The molecule has 3 rings (SSSR count). The van der Waals surface area contributed by atoms with Crippen LogP contribution in [0, 0.1) is 0 Å². The highest BCUT2D eigenvalue weighted by molar-refractivity contribution is 5.97. The summed E-state index contributed by atoms with van der Waals surface area (Å²) >= 11 is 0. The Morgan fingerprint density at radius 3 is 2.75 bits per heavy atom. The van der Waals surface area contributed by atoms with E-state index in [1.54, 1.807) is 0 Å². The van der Waals surface area contributed by atoms with Crippen LogP contribution in [-0.4, -0.2) is 18.4 Å². The molecular formula is C21H28N2O. The fourth-order valence-corrected chi connectivity index (χ4v) is 3.67. The summed E-state index contributed by atoms with van der Waals surface area (Å²) in [5.41, 5.74) is 3.84. The average Bonchev–Trinajstić information content (AvgIpc) is 2.67. The topological polar surface area (TPSA) is 47.6 Å². The van der Waals surface area contributed by atoms with Crippen molar-refractivity contribution in [2.24, 2.45) is 10.9 Å². The van der Waals surface area contributed by atoms with Crippen molar-refractivity contribution in [3.8, 4) is 0 Å². The minimum Gasteiger partial charge on any atom is -0.378 e. The van der Waals surface area contributed by atoms with Gasteiger partial charge in [0.1, 0.15) is 0 Å². The number of rotatable bonds is 6.